The van der Waals surface area contributed by atoms with Gasteiger partial charge in [0.05, 0.1) is 11.0 Å². The number of hydrogen-bond acceptors (Lipinski definition) is 6. The summed E-state index contributed by atoms with van der Waals surface area (Å²) >= 11 is 1.18. The van der Waals surface area contributed by atoms with Gasteiger partial charge in [0, 0.05) is 6.04 Å². The van der Waals surface area contributed by atoms with E-state index >= 15 is 0 Å². The van der Waals surface area contributed by atoms with E-state index in [1.807, 2.05) is 24.3 Å². The largest absolute Gasteiger partial charge is 0.364 e. The molecule has 8 heteroatoms. The monoisotopic (exact) mass is 388 g/mol. The van der Waals surface area contributed by atoms with E-state index in [1.54, 1.807) is 17.5 Å². The summed E-state index contributed by atoms with van der Waals surface area (Å²) in [5, 5.41) is 5.15. The van der Waals surface area contributed by atoms with Crippen molar-refractivity contribution in [1.82, 2.24) is 9.97 Å². The van der Waals surface area contributed by atoms with E-state index in [0.717, 1.165) is 18.4 Å². The second kappa shape index (κ2) is 7.20. The Morgan fingerprint density at radius 1 is 0.923 bits per heavy atom. The number of hydrogen-bond donors (Lipinski definition) is 2. The van der Waals surface area contributed by atoms with E-state index in [2.05, 4.69) is 20.0 Å². The summed E-state index contributed by atoms with van der Waals surface area (Å²) < 4.78 is 28.2. The molecule has 1 aromatic carbocycles. The first-order valence-corrected chi connectivity index (χ1v) is 11.1. The van der Waals surface area contributed by atoms with Crippen LogP contribution in [0.4, 0.5) is 11.6 Å². The molecule has 26 heavy (non-hydrogen) atoms. The third-order valence-corrected chi connectivity index (χ3v) is 7.24. The van der Waals surface area contributed by atoms with Gasteiger partial charge in [-0.25, -0.2) is 18.4 Å². The van der Waals surface area contributed by atoms with E-state index in [0.29, 0.717) is 17.4 Å². The smallest absolute Gasteiger partial charge is 0.272 e. The molecule has 136 valence electrons. The molecule has 0 bridgehead atoms. The van der Waals surface area contributed by atoms with Gasteiger partial charge in [-0.3, -0.25) is 4.72 Å². The van der Waals surface area contributed by atoms with Crippen LogP contribution < -0.4 is 10.0 Å². The first-order valence-electron chi connectivity index (χ1n) is 8.71. The average molecular weight is 389 g/mol. The average Bonchev–Trinajstić information content (AvgIpc) is 3.19. The number of aromatic nitrogens is 2. The SMILES string of the molecule is O=S(=O)(Nc1nc2ccccc2nc1NC1CCCCC1)c1cccs1. The van der Waals surface area contributed by atoms with E-state index in [1.165, 1.54) is 30.6 Å². The van der Waals surface area contributed by atoms with Crippen LogP contribution in [0.1, 0.15) is 32.1 Å². The second-order valence-corrected chi connectivity index (χ2v) is 9.28. The Bertz CT molecular complexity index is 997. The Balaban J connectivity index is 1.72. The normalized spacial score (nSPS) is 15.8. The fraction of sp³-hybridized carbons (Fsp3) is 0.333. The third kappa shape index (κ3) is 3.66. The number of anilines is 2. The lowest BCUT2D eigenvalue weighted by molar-refractivity contribution is 0.462. The summed E-state index contributed by atoms with van der Waals surface area (Å²) in [6, 6.07) is 11.1. The summed E-state index contributed by atoms with van der Waals surface area (Å²) in [6.45, 7) is 0. The highest BCUT2D eigenvalue weighted by Crippen LogP contribution is 2.28. The van der Waals surface area contributed by atoms with E-state index in [4.69, 9.17) is 0 Å². The molecule has 2 N–H and O–H groups in total. The van der Waals surface area contributed by atoms with E-state index < -0.39 is 10.0 Å². The summed E-state index contributed by atoms with van der Waals surface area (Å²) in [7, 11) is -3.68. The van der Waals surface area contributed by atoms with Crippen molar-refractivity contribution in [1.29, 1.82) is 0 Å². The number of fused-ring (bicyclic) bond motifs is 1. The van der Waals surface area contributed by atoms with Gasteiger partial charge in [0.1, 0.15) is 4.21 Å². The van der Waals surface area contributed by atoms with Crippen molar-refractivity contribution in [2.45, 2.75) is 42.4 Å². The number of para-hydroxylation sites is 2. The molecular weight excluding hydrogens is 368 g/mol. The molecular formula is C18H20N4O2S2. The Kier molecular flexibility index (Phi) is 4.78. The lowest BCUT2D eigenvalue weighted by Gasteiger charge is -2.24. The molecule has 1 aliphatic rings. The van der Waals surface area contributed by atoms with Crippen LogP contribution in [-0.4, -0.2) is 24.4 Å². The van der Waals surface area contributed by atoms with Gasteiger partial charge in [-0.15, -0.1) is 11.3 Å². The van der Waals surface area contributed by atoms with Crippen molar-refractivity contribution < 1.29 is 8.42 Å². The number of rotatable bonds is 5. The van der Waals surface area contributed by atoms with Gasteiger partial charge < -0.3 is 5.32 Å². The van der Waals surface area contributed by atoms with Gasteiger partial charge in [-0.1, -0.05) is 37.5 Å². The predicted molar refractivity (Wildman–Crippen MR) is 105 cm³/mol. The minimum atomic E-state index is -3.68. The van der Waals surface area contributed by atoms with Crippen LogP contribution in [-0.2, 0) is 10.0 Å². The van der Waals surface area contributed by atoms with Crippen LogP contribution in [0.25, 0.3) is 11.0 Å². The van der Waals surface area contributed by atoms with E-state index in [-0.39, 0.29) is 10.0 Å². The molecule has 0 unspecified atom stereocenters. The van der Waals surface area contributed by atoms with Crippen LogP contribution in [0.5, 0.6) is 0 Å². The molecule has 2 aromatic heterocycles. The van der Waals surface area contributed by atoms with Crippen molar-refractivity contribution in [2.24, 2.45) is 0 Å². The zero-order valence-electron chi connectivity index (χ0n) is 14.2. The second-order valence-electron chi connectivity index (χ2n) is 6.43. The minimum Gasteiger partial charge on any atom is -0.364 e. The number of nitrogens with one attached hydrogen (secondary N) is 2. The predicted octanol–water partition coefficient (Wildman–Crippen LogP) is 4.24. The molecule has 0 atom stereocenters. The highest BCUT2D eigenvalue weighted by molar-refractivity contribution is 7.94. The number of thiophene rings is 1. The molecule has 2 heterocycles. The van der Waals surface area contributed by atoms with Crippen molar-refractivity contribution in [3.05, 3.63) is 41.8 Å². The van der Waals surface area contributed by atoms with Crippen molar-refractivity contribution in [3.63, 3.8) is 0 Å². The van der Waals surface area contributed by atoms with Crippen molar-refractivity contribution in [3.8, 4) is 0 Å². The molecule has 1 saturated carbocycles. The highest BCUT2D eigenvalue weighted by Gasteiger charge is 2.22. The molecule has 0 radical (unpaired) electrons. The zero-order chi connectivity index (χ0) is 18.0. The highest BCUT2D eigenvalue weighted by atomic mass is 32.2. The lowest BCUT2D eigenvalue weighted by atomic mass is 9.95. The Labute approximate surface area is 156 Å². The van der Waals surface area contributed by atoms with Gasteiger partial charge in [0.2, 0.25) is 0 Å². The van der Waals surface area contributed by atoms with Gasteiger partial charge in [-0.05, 0) is 36.4 Å². The minimum absolute atomic E-state index is 0.252. The number of nitrogens with zero attached hydrogens (tertiary/aromatic N) is 2. The molecule has 1 aliphatic carbocycles. The van der Waals surface area contributed by atoms with E-state index in [9.17, 15) is 8.42 Å². The molecule has 4 rings (SSSR count). The summed E-state index contributed by atoms with van der Waals surface area (Å²) in [5.74, 6) is 0.749. The Hall–Kier alpha value is -2.19. The maximum Gasteiger partial charge on any atom is 0.272 e. The number of benzene rings is 1. The quantitative estimate of drug-likeness (QED) is 0.683. The van der Waals surface area contributed by atoms with Crippen LogP contribution in [0, 0.1) is 0 Å². The van der Waals surface area contributed by atoms with Crippen LogP contribution >= 0.6 is 11.3 Å². The molecule has 0 saturated heterocycles. The summed E-state index contributed by atoms with van der Waals surface area (Å²) in [6.07, 6.45) is 5.72. The Morgan fingerprint density at radius 2 is 1.62 bits per heavy atom. The number of sulfonamides is 1. The summed E-state index contributed by atoms with van der Waals surface area (Å²) in [5.41, 5.74) is 1.40. The van der Waals surface area contributed by atoms with Gasteiger partial charge >= 0.3 is 0 Å². The lowest BCUT2D eigenvalue weighted by Crippen LogP contribution is -2.24. The molecule has 1 fully saturated rings. The van der Waals surface area contributed by atoms with Gasteiger partial charge in [0.15, 0.2) is 11.6 Å². The van der Waals surface area contributed by atoms with Crippen LogP contribution in [0.15, 0.2) is 46.0 Å². The molecule has 6 nitrogen and oxygen atoms in total. The molecule has 0 amide bonds. The first kappa shape index (κ1) is 17.2. The van der Waals surface area contributed by atoms with Gasteiger partial charge in [-0.2, -0.15) is 0 Å². The topological polar surface area (TPSA) is 84.0 Å². The fourth-order valence-corrected chi connectivity index (χ4v) is 5.21. The molecule has 3 aromatic rings. The van der Waals surface area contributed by atoms with Crippen molar-refractivity contribution >= 4 is 44.0 Å². The van der Waals surface area contributed by atoms with Crippen LogP contribution in [0.3, 0.4) is 0 Å². The van der Waals surface area contributed by atoms with Gasteiger partial charge in [0.25, 0.3) is 10.0 Å². The summed E-state index contributed by atoms with van der Waals surface area (Å²) in [4.78, 5) is 9.16. The van der Waals surface area contributed by atoms with Crippen LogP contribution in [0.2, 0.25) is 0 Å². The van der Waals surface area contributed by atoms with Crippen molar-refractivity contribution in [2.75, 3.05) is 10.0 Å². The maximum atomic E-state index is 12.6. The molecule has 0 spiro atoms. The zero-order valence-corrected chi connectivity index (χ0v) is 15.8. The standard InChI is InChI=1S/C18H20N4O2S2/c23-26(24,16-11-6-12-25-16)22-18-17(19-13-7-2-1-3-8-13)20-14-9-4-5-10-15(14)21-18/h4-6,9-13H,1-3,7-8H2,(H,19,20)(H,21,22). The first-order chi connectivity index (χ1) is 12.6. The maximum absolute atomic E-state index is 12.6. The third-order valence-electron chi connectivity index (χ3n) is 4.51. The Morgan fingerprint density at radius 3 is 2.27 bits per heavy atom. The fourth-order valence-electron chi connectivity index (χ4n) is 3.21. The molecule has 0 aliphatic heterocycles.